The molecule has 0 aromatic heterocycles. The molecular formula is C18H28N2O2. The first-order valence-corrected chi connectivity index (χ1v) is 8.20. The molecule has 22 heavy (non-hydrogen) atoms. The van der Waals surface area contributed by atoms with E-state index in [9.17, 15) is 4.79 Å². The molecule has 1 aliphatic rings. The van der Waals surface area contributed by atoms with Crippen LogP contribution in [0.1, 0.15) is 31.7 Å². The van der Waals surface area contributed by atoms with Gasteiger partial charge in [0.05, 0.1) is 6.04 Å². The molecule has 4 heteroatoms. The molecule has 1 atom stereocenters. The Morgan fingerprint density at radius 2 is 1.95 bits per heavy atom. The van der Waals surface area contributed by atoms with E-state index in [1.807, 2.05) is 31.2 Å². The first kappa shape index (κ1) is 16.8. The highest BCUT2D eigenvalue weighted by Gasteiger charge is 2.20. The van der Waals surface area contributed by atoms with Crippen molar-refractivity contribution in [2.45, 2.75) is 39.2 Å². The molecule has 1 aliphatic heterocycles. The van der Waals surface area contributed by atoms with E-state index in [4.69, 9.17) is 4.74 Å². The number of nitrogens with one attached hydrogen (secondary N) is 1. The molecule has 0 bridgehead atoms. The Labute approximate surface area is 133 Å². The fourth-order valence-electron chi connectivity index (χ4n) is 2.76. The molecule has 1 fully saturated rings. The zero-order valence-electron chi connectivity index (χ0n) is 14.0. The summed E-state index contributed by atoms with van der Waals surface area (Å²) in [5.74, 6) is 1.53. The molecule has 0 saturated carbocycles. The summed E-state index contributed by atoms with van der Waals surface area (Å²) in [6.07, 6.45) is 2.89. The standard InChI is InChI=1S/C18H28N2O2/c1-14-4-6-17(7-5-14)22-13-15(2)19-18(21)12-16-8-10-20(3)11-9-16/h4-7,15-16H,8-13H2,1-3H3,(H,19,21)/t15-/m0/s1. The number of amides is 1. The smallest absolute Gasteiger partial charge is 0.220 e. The Balaban J connectivity index is 1.66. The first-order valence-electron chi connectivity index (χ1n) is 8.20. The van der Waals surface area contributed by atoms with Gasteiger partial charge in [-0.2, -0.15) is 0 Å². The van der Waals surface area contributed by atoms with Gasteiger partial charge in [0.2, 0.25) is 5.91 Å². The maximum atomic E-state index is 12.1. The summed E-state index contributed by atoms with van der Waals surface area (Å²) in [6, 6.07) is 8.00. The summed E-state index contributed by atoms with van der Waals surface area (Å²) in [7, 11) is 2.14. The number of likely N-dealkylation sites (tertiary alicyclic amines) is 1. The van der Waals surface area contributed by atoms with Crippen molar-refractivity contribution < 1.29 is 9.53 Å². The van der Waals surface area contributed by atoms with Gasteiger partial charge in [0.25, 0.3) is 0 Å². The van der Waals surface area contributed by atoms with Crippen LogP contribution in [0.5, 0.6) is 5.75 Å². The van der Waals surface area contributed by atoms with E-state index in [-0.39, 0.29) is 11.9 Å². The number of hydrogen-bond acceptors (Lipinski definition) is 3. The van der Waals surface area contributed by atoms with E-state index in [0.29, 0.717) is 18.9 Å². The summed E-state index contributed by atoms with van der Waals surface area (Å²) in [5, 5.41) is 3.04. The largest absolute Gasteiger partial charge is 0.491 e. The van der Waals surface area contributed by atoms with Crippen LogP contribution in [0.4, 0.5) is 0 Å². The number of benzene rings is 1. The normalized spacial score (nSPS) is 18.0. The van der Waals surface area contributed by atoms with Gasteiger partial charge in [-0.25, -0.2) is 0 Å². The van der Waals surface area contributed by atoms with Crippen molar-refractivity contribution in [2.24, 2.45) is 5.92 Å². The van der Waals surface area contributed by atoms with Crippen LogP contribution in [-0.4, -0.2) is 43.6 Å². The van der Waals surface area contributed by atoms with Crippen molar-refractivity contribution in [3.05, 3.63) is 29.8 Å². The number of carbonyl (C=O) groups excluding carboxylic acids is 1. The molecule has 122 valence electrons. The summed E-state index contributed by atoms with van der Waals surface area (Å²) in [5.41, 5.74) is 1.21. The lowest BCUT2D eigenvalue weighted by molar-refractivity contribution is -0.123. The Bertz CT molecular complexity index is 464. The Hall–Kier alpha value is -1.55. The van der Waals surface area contributed by atoms with E-state index in [0.717, 1.165) is 31.7 Å². The van der Waals surface area contributed by atoms with E-state index in [1.54, 1.807) is 0 Å². The third-order valence-electron chi connectivity index (χ3n) is 4.24. The van der Waals surface area contributed by atoms with Gasteiger partial charge in [-0.3, -0.25) is 4.79 Å². The number of aryl methyl sites for hydroxylation is 1. The van der Waals surface area contributed by atoms with E-state index in [1.165, 1.54) is 5.56 Å². The van der Waals surface area contributed by atoms with Crippen LogP contribution in [-0.2, 0) is 4.79 Å². The highest BCUT2D eigenvalue weighted by atomic mass is 16.5. The molecular weight excluding hydrogens is 276 g/mol. The third-order valence-corrected chi connectivity index (χ3v) is 4.24. The number of piperidine rings is 1. The van der Waals surface area contributed by atoms with E-state index in [2.05, 4.69) is 24.2 Å². The Morgan fingerprint density at radius 1 is 1.32 bits per heavy atom. The molecule has 1 N–H and O–H groups in total. The number of hydrogen-bond donors (Lipinski definition) is 1. The molecule has 4 nitrogen and oxygen atoms in total. The molecule has 2 rings (SSSR count). The lowest BCUT2D eigenvalue weighted by Gasteiger charge is -2.28. The van der Waals surface area contributed by atoms with Crippen molar-refractivity contribution in [1.82, 2.24) is 10.2 Å². The van der Waals surface area contributed by atoms with Crippen LogP contribution in [0.15, 0.2) is 24.3 Å². The zero-order valence-corrected chi connectivity index (χ0v) is 14.0. The van der Waals surface area contributed by atoms with Gasteiger partial charge < -0.3 is 15.0 Å². The van der Waals surface area contributed by atoms with Gasteiger partial charge in [-0.1, -0.05) is 17.7 Å². The van der Waals surface area contributed by atoms with Gasteiger partial charge >= 0.3 is 0 Å². The highest BCUT2D eigenvalue weighted by Crippen LogP contribution is 2.19. The predicted molar refractivity (Wildman–Crippen MR) is 89.1 cm³/mol. The summed E-state index contributed by atoms with van der Waals surface area (Å²) >= 11 is 0. The number of rotatable bonds is 6. The SMILES string of the molecule is Cc1ccc(OC[C@H](C)NC(=O)CC2CCN(C)CC2)cc1. The van der Waals surface area contributed by atoms with Crippen LogP contribution in [0, 0.1) is 12.8 Å². The number of ether oxygens (including phenoxy) is 1. The molecule has 0 radical (unpaired) electrons. The van der Waals surface area contributed by atoms with Gasteiger partial charge in [0.15, 0.2) is 0 Å². The molecule has 1 aromatic rings. The van der Waals surface area contributed by atoms with Crippen LogP contribution in [0.25, 0.3) is 0 Å². The van der Waals surface area contributed by atoms with Crippen molar-refractivity contribution in [3.8, 4) is 5.75 Å². The zero-order chi connectivity index (χ0) is 15.9. The van der Waals surface area contributed by atoms with Gasteiger partial charge in [0.1, 0.15) is 12.4 Å². The van der Waals surface area contributed by atoms with Gasteiger partial charge in [0, 0.05) is 6.42 Å². The average Bonchev–Trinajstić information content (AvgIpc) is 2.49. The topological polar surface area (TPSA) is 41.6 Å². The second-order valence-corrected chi connectivity index (χ2v) is 6.54. The molecule has 1 heterocycles. The molecule has 1 saturated heterocycles. The maximum Gasteiger partial charge on any atom is 0.220 e. The monoisotopic (exact) mass is 304 g/mol. The third kappa shape index (κ3) is 5.68. The van der Waals surface area contributed by atoms with Gasteiger partial charge in [-0.05, 0) is 64.9 Å². The van der Waals surface area contributed by atoms with Crippen molar-refractivity contribution in [2.75, 3.05) is 26.7 Å². The number of carbonyl (C=O) groups is 1. The van der Waals surface area contributed by atoms with Crippen LogP contribution in [0.2, 0.25) is 0 Å². The van der Waals surface area contributed by atoms with Crippen molar-refractivity contribution >= 4 is 5.91 Å². The van der Waals surface area contributed by atoms with Crippen LogP contribution >= 0.6 is 0 Å². The lowest BCUT2D eigenvalue weighted by atomic mass is 9.93. The van der Waals surface area contributed by atoms with Crippen molar-refractivity contribution in [3.63, 3.8) is 0 Å². The Kier molecular flexibility index (Phi) is 6.25. The average molecular weight is 304 g/mol. The molecule has 1 aromatic carbocycles. The van der Waals surface area contributed by atoms with Crippen LogP contribution in [0.3, 0.4) is 0 Å². The second-order valence-electron chi connectivity index (χ2n) is 6.54. The minimum atomic E-state index is 0.0278. The Morgan fingerprint density at radius 3 is 2.59 bits per heavy atom. The van der Waals surface area contributed by atoms with E-state index < -0.39 is 0 Å². The van der Waals surface area contributed by atoms with Crippen LogP contribution < -0.4 is 10.1 Å². The second kappa shape index (κ2) is 8.18. The molecule has 0 unspecified atom stereocenters. The van der Waals surface area contributed by atoms with Gasteiger partial charge in [-0.15, -0.1) is 0 Å². The van der Waals surface area contributed by atoms with Crippen molar-refractivity contribution in [1.29, 1.82) is 0 Å². The lowest BCUT2D eigenvalue weighted by Crippen LogP contribution is -2.39. The predicted octanol–water partition coefficient (Wildman–Crippen LogP) is 2.61. The highest BCUT2D eigenvalue weighted by molar-refractivity contribution is 5.76. The molecule has 0 aliphatic carbocycles. The van der Waals surface area contributed by atoms with E-state index >= 15 is 0 Å². The quantitative estimate of drug-likeness (QED) is 0.878. The first-order chi connectivity index (χ1) is 10.5. The minimum Gasteiger partial charge on any atom is -0.491 e. The fraction of sp³-hybridized carbons (Fsp3) is 0.611. The fourth-order valence-corrected chi connectivity index (χ4v) is 2.76. The summed E-state index contributed by atoms with van der Waals surface area (Å²) < 4.78 is 5.71. The molecule has 1 amide bonds. The summed E-state index contributed by atoms with van der Waals surface area (Å²) in [4.78, 5) is 14.4. The maximum absolute atomic E-state index is 12.1. The number of nitrogens with zero attached hydrogens (tertiary/aromatic N) is 1. The minimum absolute atomic E-state index is 0.0278. The molecule has 0 spiro atoms. The summed E-state index contributed by atoms with van der Waals surface area (Å²) in [6.45, 7) is 6.74.